The Morgan fingerprint density at radius 1 is 1.71 bits per heavy atom. The summed E-state index contributed by atoms with van der Waals surface area (Å²) in [5, 5.41) is 9.46. The highest BCUT2D eigenvalue weighted by Crippen LogP contribution is 2.26. The van der Waals surface area contributed by atoms with Crippen LogP contribution < -0.4 is 0 Å². The molecule has 0 aliphatic rings. The number of aliphatic imine (C=N–C) groups is 1. The molecule has 0 aromatic carbocycles. The van der Waals surface area contributed by atoms with Gasteiger partial charge in [0, 0.05) is 6.92 Å². The Kier molecular flexibility index (Phi) is 3.60. The molecule has 0 bridgehead atoms. The molecule has 0 saturated carbocycles. The summed E-state index contributed by atoms with van der Waals surface area (Å²) < 4.78 is 9.23. The maximum absolute atomic E-state index is 8.84. The number of hydrogen-bond donors (Lipinski definition) is 0. The Bertz CT molecular complexity index is 389. The molecule has 0 saturated heterocycles. The molecular weight excluding hydrogens is 198 g/mol. The smallest absolute Gasteiger partial charge is 0.186 e. The van der Waals surface area contributed by atoms with E-state index in [-0.39, 0.29) is 0 Å². The van der Waals surface area contributed by atoms with Crippen molar-refractivity contribution in [2.45, 2.75) is 20.8 Å². The quantitative estimate of drug-likeness (QED) is 0.555. The zero-order valence-corrected chi connectivity index (χ0v) is 9.18. The number of aromatic nitrogens is 1. The van der Waals surface area contributed by atoms with Crippen molar-refractivity contribution in [1.82, 2.24) is 4.37 Å². The summed E-state index contributed by atoms with van der Waals surface area (Å²) in [5.74, 6) is 0.563. The third-order valence-electron chi connectivity index (χ3n) is 1.57. The van der Waals surface area contributed by atoms with Crippen LogP contribution in [-0.2, 0) is 4.74 Å². The van der Waals surface area contributed by atoms with Gasteiger partial charge in [0.05, 0.1) is 12.3 Å². The van der Waals surface area contributed by atoms with Crippen molar-refractivity contribution in [3.63, 3.8) is 0 Å². The summed E-state index contributed by atoms with van der Waals surface area (Å²) in [5.41, 5.74) is 1.26. The molecule has 0 atom stereocenters. The predicted octanol–water partition coefficient (Wildman–Crippen LogP) is 2.41. The van der Waals surface area contributed by atoms with Crippen LogP contribution in [0.4, 0.5) is 5.00 Å². The summed E-state index contributed by atoms with van der Waals surface area (Å²) in [7, 11) is 0. The summed E-state index contributed by atoms with van der Waals surface area (Å²) in [4.78, 5) is 4.17. The van der Waals surface area contributed by atoms with E-state index in [9.17, 15) is 0 Å². The molecule has 1 heterocycles. The molecule has 0 aliphatic heterocycles. The third kappa shape index (κ3) is 2.30. The largest absolute Gasteiger partial charge is 0.481 e. The molecule has 74 valence electrons. The number of ether oxygens (including phenoxy) is 1. The van der Waals surface area contributed by atoms with Crippen molar-refractivity contribution in [3.8, 4) is 6.07 Å². The fourth-order valence-electron chi connectivity index (χ4n) is 0.947. The molecule has 4 nitrogen and oxygen atoms in total. The van der Waals surface area contributed by atoms with Gasteiger partial charge in [0.25, 0.3) is 0 Å². The zero-order valence-electron chi connectivity index (χ0n) is 8.37. The lowest BCUT2D eigenvalue weighted by atomic mass is 10.3. The lowest BCUT2D eigenvalue weighted by Crippen LogP contribution is -1.97. The van der Waals surface area contributed by atoms with Gasteiger partial charge < -0.3 is 4.74 Å². The Morgan fingerprint density at radius 2 is 2.43 bits per heavy atom. The number of rotatable bonds is 2. The van der Waals surface area contributed by atoms with Crippen molar-refractivity contribution in [2.24, 2.45) is 4.99 Å². The van der Waals surface area contributed by atoms with Crippen LogP contribution in [-0.4, -0.2) is 16.9 Å². The van der Waals surface area contributed by atoms with E-state index in [1.807, 2.05) is 6.92 Å². The Hall–Kier alpha value is -1.41. The van der Waals surface area contributed by atoms with Gasteiger partial charge in [0.1, 0.15) is 11.6 Å². The number of hydrogen-bond acceptors (Lipinski definition) is 5. The van der Waals surface area contributed by atoms with Gasteiger partial charge in [-0.1, -0.05) is 0 Å². The maximum atomic E-state index is 8.84. The Labute approximate surface area is 87.0 Å². The van der Waals surface area contributed by atoms with Crippen molar-refractivity contribution in [2.75, 3.05) is 6.61 Å². The molecule has 0 N–H and O–H groups in total. The second kappa shape index (κ2) is 4.72. The standard InChI is InChI=1S/C9H11N3OS/c1-4-13-7(3)11-9-8(5-10)6(2)12-14-9/h4H2,1-3H3/b11-7+. The third-order valence-corrected chi connectivity index (χ3v) is 2.40. The van der Waals surface area contributed by atoms with Crippen LogP contribution in [0.1, 0.15) is 25.1 Å². The molecule has 1 aromatic rings. The van der Waals surface area contributed by atoms with Crippen molar-refractivity contribution >= 4 is 22.4 Å². The van der Waals surface area contributed by atoms with E-state index in [2.05, 4.69) is 15.4 Å². The molecule has 1 aromatic heterocycles. The first-order valence-electron chi connectivity index (χ1n) is 4.23. The van der Waals surface area contributed by atoms with E-state index < -0.39 is 0 Å². The van der Waals surface area contributed by atoms with Gasteiger partial charge >= 0.3 is 0 Å². The van der Waals surface area contributed by atoms with Gasteiger partial charge in [-0.25, -0.2) is 4.99 Å². The molecule has 0 aliphatic carbocycles. The van der Waals surface area contributed by atoms with Gasteiger partial charge in [-0.15, -0.1) is 0 Å². The molecule has 0 radical (unpaired) electrons. The number of nitrogens with zero attached hydrogens (tertiary/aromatic N) is 3. The molecule has 14 heavy (non-hydrogen) atoms. The minimum atomic E-state index is 0.536. The number of aryl methyl sites for hydroxylation is 1. The van der Waals surface area contributed by atoms with Gasteiger partial charge in [-0.05, 0) is 25.4 Å². The summed E-state index contributed by atoms with van der Waals surface area (Å²) >= 11 is 1.21. The molecule has 0 unspecified atom stereocenters. The van der Waals surface area contributed by atoms with Crippen LogP contribution in [0.5, 0.6) is 0 Å². The summed E-state index contributed by atoms with van der Waals surface area (Å²) in [6, 6.07) is 2.08. The normalized spacial score (nSPS) is 11.1. The molecule has 1 rings (SSSR count). The van der Waals surface area contributed by atoms with Crippen molar-refractivity contribution in [1.29, 1.82) is 5.26 Å². The van der Waals surface area contributed by atoms with Crippen LogP contribution in [0.3, 0.4) is 0 Å². The molecule has 0 fully saturated rings. The number of nitriles is 1. The molecule has 5 heteroatoms. The van der Waals surface area contributed by atoms with E-state index in [0.717, 1.165) is 5.69 Å². The second-order valence-corrected chi connectivity index (χ2v) is 3.38. The average molecular weight is 209 g/mol. The van der Waals surface area contributed by atoms with Crippen LogP contribution in [0, 0.1) is 18.3 Å². The minimum Gasteiger partial charge on any atom is -0.481 e. The molecular formula is C9H11N3OS. The second-order valence-electron chi connectivity index (χ2n) is 2.62. The highest BCUT2D eigenvalue weighted by Gasteiger charge is 2.09. The van der Waals surface area contributed by atoms with E-state index in [1.54, 1.807) is 13.8 Å². The SMILES string of the molecule is CCO/C(C)=N/c1snc(C)c1C#N. The van der Waals surface area contributed by atoms with Gasteiger partial charge in [-0.2, -0.15) is 9.64 Å². The maximum Gasteiger partial charge on any atom is 0.186 e. The highest BCUT2D eigenvalue weighted by atomic mass is 32.1. The van der Waals surface area contributed by atoms with Crippen LogP contribution >= 0.6 is 11.5 Å². The van der Waals surface area contributed by atoms with E-state index in [4.69, 9.17) is 10.00 Å². The Morgan fingerprint density at radius 3 is 3.00 bits per heavy atom. The monoisotopic (exact) mass is 209 g/mol. The first-order valence-corrected chi connectivity index (χ1v) is 5.00. The fourth-order valence-corrected chi connectivity index (χ4v) is 1.72. The minimum absolute atomic E-state index is 0.536. The van der Waals surface area contributed by atoms with Gasteiger partial charge in [-0.3, -0.25) is 0 Å². The van der Waals surface area contributed by atoms with Crippen molar-refractivity contribution < 1.29 is 4.74 Å². The average Bonchev–Trinajstić information content (AvgIpc) is 2.47. The van der Waals surface area contributed by atoms with Crippen LogP contribution in [0.2, 0.25) is 0 Å². The van der Waals surface area contributed by atoms with E-state index >= 15 is 0 Å². The molecule has 0 amide bonds. The summed E-state index contributed by atoms with van der Waals surface area (Å²) in [6.07, 6.45) is 0. The van der Waals surface area contributed by atoms with Crippen LogP contribution in [0.15, 0.2) is 4.99 Å². The van der Waals surface area contributed by atoms with E-state index in [1.165, 1.54) is 11.5 Å². The molecule has 0 spiro atoms. The first kappa shape index (κ1) is 10.7. The summed E-state index contributed by atoms with van der Waals surface area (Å²) in [6.45, 7) is 6.03. The van der Waals surface area contributed by atoms with Gasteiger partial charge in [0.2, 0.25) is 0 Å². The Balaban J connectivity index is 2.98. The topological polar surface area (TPSA) is 58.3 Å². The highest BCUT2D eigenvalue weighted by molar-refractivity contribution is 7.10. The van der Waals surface area contributed by atoms with Crippen molar-refractivity contribution in [3.05, 3.63) is 11.3 Å². The lowest BCUT2D eigenvalue weighted by molar-refractivity contribution is 0.325. The zero-order chi connectivity index (χ0) is 10.6. The fraction of sp³-hybridized carbons (Fsp3) is 0.444. The first-order chi connectivity index (χ1) is 6.69. The lowest BCUT2D eigenvalue weighted by Gasteiger charge is -1.99. The predicted molar refractivity (Wildman–Crippen MR) is 56.0 cm³/mol. The van der Waals surface area contributed by atoms with E-state index in [0.29, 0.717) is 23.1 Å². The van der Waals surface area contributed by atoms with Crippen LogP contribution in [0.25, 0.3) is 0 Å². The van der Waals surface area contributed by atoms with Gasteiger partial charge in [0.15, 0.2) is 10.9 Å².